The molecule has 0 radical (unpaired) electrons. The minimum absolute atomic E-state index is 0.0149. The van der Waals surface area contributed by atoms with Gasteiger partial charge in [0.1, 0.15) is 0 Å². The van der Waals surface area contributed by atoms with Crippen molar-refractivity contribution in [1.82, 2.24) is 9.80 Å². The maximum Gasteiger partial charge on any atom is 0.233 e. The van der Waals surface area contributed by atoms with Crippen LogP contribution in [-0.2, 0) is 19.2 Å². The Morgan fingerprint density at radius 3 is 2.12 bits per heavy atom. The number of nitrogens with zero attached hydrogens (tertiary/aromatic N) is 2. The SMILES string of the molecule is NC(=O)C1CCN(C(=O)CCCN2C(=O)[C@H]3CC=CC[C@H]3C2=O)CC1. The van der Waals surface area contributed by atoms with Gasteiger partial charge in [0.25, 0.3) is 0 Å². The Morgan fingerprint density at radius 2 is 1.60 bits per heavy atom. The van der Waals surface area contributed by atoms with Gasteiger partial charge in [-0.1, -0.05) is 12.2 Å². The predicted molar refractivity (Wildman–Crippen MR) is 89.8 cm³/mol. The molecule has 2 heterocycles. The highest BCUT2D eigenvalue weighted by Gasteiger charge is 2.46. The van der Waals surface area contributed by atoms with Crippen LogP contribution in [0.2, 0.25) is 0 Å². The molecule has 0 unspecified atom stereocenters. The molecule has 3 rings (SSSR count). The van der Waals surface area contributed by atoms with Crippen molar-refractivity contribution < 1.29 is 19.2 Å². The molecule has 136 valence electrons. The van der Waals surface area contributed by atoms with Gasteiger partial charge in [0.2, 0.25) is 23.6 Å². The van der Waals surface area contributed by atoms with Crippen LogP contribution in [0.1, 0.15) is 38.5 Å². The van der Waals surface area contributed by atoms with E-state index in [9.17, 15) is 19.2 Å². The summed E-state index contributed by atoms with van der Waals surface area (Å²) in [6, 6.07) is 0. The average Bonchev–Trinajstić information content (AvgIpc) is 2.87. The fourth-order valence-electron chi connectivity index (χ4n) is 4.05. The molecular weight excluding hydrogens is 322 g/mol. The molecular formula is C18H25N3O4. The van der Waals surface area contributed by atoms with Gasteiger partial charge in [0.05, 0.1) is 11.8 Å². The van der Waals surface area contributed by atoms with E-state index in [1.165, 1.54) is 4.90 Å². The molecule has 0 aromatic rings. The number of primary amides is 1. The summed E-state index contributed by atoms with van der Waals surface area (Å²) in [6.45, 7) is 1.40. The lowest BCUT2D eigenvalue weighted by molar-refractivity contribution is -0.141. The Hall–Kier alpha value is -2.18. The van der Waals surface area contributed by atoms with Crippen LogP contribution in [0.3, 0.4) is 0 Å². The number of carbonyl (C=O) groups is 4. The summed E-state index contributed by atoms with van der Waals surface area (Å²) < 4.78 is 0. The number of amides is 4. The van der Waals surface area contributed by atoms with Crippen LogP contribution in [0.15, 0.2) is 12.2 Å². The Kier molecular flexibility index (Phi) is 5.20. The number of piperidine rings is 1. The molecule has 0 saturated carbocycles. The molecule has 2 saturated heterocycles. The van der Waals surface area contributed by atoms with Crippen LogP contribution in [0.4, 0.5) is 0 Å². The first kappa shape index (κ1) is 17.6. The first-order chi connectivity index (χ1) is 12.0. The third kappa shape index (κ3) is 3.60. The molecule has 2 N–H and O–H groups in total. The lowest BCUT2D eigenvalue weighted by Gasteiger charge is -2.30. The van der Waals surface area contributed by atoms with E-state index in [1.807, 2.05) is 12.2 Å². The van der Waals surface area contributed by atoms with Gasteiger partial charge in [-0.15, -0.1) is 0 Å². The quantitative estimate of drug-likeness (QED) is 0.576. The summed E-state index contributed by atoms with van der Waals surface area (Å²) in [6.07, 6.45) is 7.23. The first-order valence-electron chi connectivity index (χ1n) is 9.06. The monoisotopic (exact) mass is 347 g/mol. The van der Waals surface area contributed by atoms with Crippen LogP contribution in [0, 0.1) is 17.8 Å². The summed E-state index contributed by atoms with van der Waals surface area (Å²) in [5.41, 5.74) is 5.30. The summed E-state index contributed by atoms with van der Waals surface area (Å²) in [4.78, 5) is 51.2. The minimum atomic E-state index is -0.297. The van der Waals surface area contributed by atoms with Gasteiger partial charge >= 0.3 is 0 Å². The first-order valence-corrected chi connectivity index (χ1v) is 9.06. The molecule has 7 heteroatoms. The van der Waals surface area contributed by atoms with Crippen molar-refractivity contribution in [3.63, 3.8) is 0 Å². The van der Waals surface area contributed by atoms with E-state index >= 15 is 0 Å². The normalized spacial score (nSPS) is 26.9. The van der Waals surface area contributed by atoms with Crippen molar-refractivity contribution in [2.24, 2.45) is 23.5 Å². The Labute approximate surface area is 147 Å². The zero-order valence-corrected chi connectivity index (χ0v) is 14.4. The van der Waals surface area contributed by atoms with Crippen LogP contribution < -0.4 is 5.73 Å². The molecule has 1 aliphatic carbocycles. The van der Waals surface area contributed by atoms with Crippen molar-refractivity contribution in [2.45, 2.75) is 38.5 Å². The fraction of sp³-hybridized carbons (Fsp3) is 0.667. The zero-order chi connectivity index (χ0) is 18.0. The zero-order valence-electron chi connectivity index (χ0n) is 14.4. The molecule has 2 atom stereocenters. The number of allylic oxidation sites excluding steroid dienone is 2. The number of fused-ring (bicyclic) bond motifs is 1. The highest BCUT2D eigenvalue weighted by molar-refractivity contribution is 6.05. The number of nitrogens with two attached hydrogens (primary N) is 1. The molecule has 0 spiro atoms. The molecule has 0 aromatic heterocycles. The third-order valence-corrected chi connectivity index (χ3v) is 5.62. The van der Waals surface area contributed by atoms with E-state index in [0.717, 1.165) is 0 Å². The van der Waals surface area contributed by atoms with Gasteiger partial charge in [0.15, 0.2) is 0 Å². The summed E-state index contributed by atoms with van der Waals surface area (Å²) in [7, 11) is 0. The van der Waals surface area contributed by atoms with Crippen molar-refractivity contribution >= 4 is 23.6 Å². The van der Waals surface area contributed by atoms with Gasteiger partial charge in [-0.25, -0.2) is 0 Å². The van der Waals surface area contributed by atoms with Crippen LogP contribution >= 0.6 is 0 Å². The van der Waals surface area contributed by atoms with Crippen LogP contribution in [0.5, 0.6) is 0 Å². The molecule has 2 aliphatic heterocycles. The highest BCUT2D eigenvalue weighted by Crippen LogP contribution is 2.35. The topological polar surface area (TPSA) is 101 Å². The smallest absolute Gasteiger partial charge is 0.233 e. The standard InChI is InChI=1S/C18H25N3O4/c19-16(23)12-7-10-20(11-8-12)15(22)6-3-9-21-17(24)13-4-1-2-5-14(13)18(21)25/h1-2,12-14H,3-11H2,(H2,19,23)/t13-,14+. The lowest BCUT2D eigenvalue weighted by atomic mass is 9.85. The largest absolute Gasteiger partial charge is 0.369 e. The maximum atomic E-state index is 12.4. The lowest BCUT2D eigenvalue weighted by Crippen LogP contribution is -2.42. The fourth-order valence-corrected chi connectivity index (χ4v) is 4.05. The van der Waals surface area contributed by atoms with Crippen molar-refractivity contribution in [3.05, 3.63) is 12.2 Å². The Morgan fingerprint density at radius 1 is 1.04 bits per heavy atom. The van der Waals surface area contributed by atoms with Gasteiger partial charge in [-0.05, 0) is 32.1 Å². The number of rotatable bonds is 5. The summed E-state index contributed by atoms with van der Waals surface area (Å²) >= 11 is 0. The summed E-state index contributed by atoms with van der Waals surface area (Å²) in [5, 5.41) is 0. The second-order valence-electron chi connectivity index (χ2n) is 7.14. The molecule has 4 amide bonds. The van der Waals surface area contributed by atoms with Gasteiger partial charge in [-0.3, -0.25) is 24.1 Å². The van der Waals surface area contributed by atoms with Crippen molar-refractivity contribution in [3.8, 4) is 0 Å². The number of likely N-dealkylation sites (tertiary alicyclic amines) is 2. The number of imide groups is 1. The number of hydrogen-bond acceptors (Lipinski definition) is 4. The minimum Gasteiger partial charge on any atom is -0.369 e. The van der Waals surface area contributed by atoms with E-state index in [4.69, 9.17) is 5.73 Å². The molecule has 7 nitrogen and oxygen atoms in total. The second-order valence-corrected chi connectivity index (χ2v) is 7.14. The van der Waals surface area contributed by atoms with Crippen LogP contribution in [0.25, 0.3) is 0 Å². The Balaban J connectivity index is 1.44. The molecule has 0 aromatic carbocycles. The molecule has 3 aliphatic rings. The predicted octanol–water partition coefficient (Wildman–Crippen LogP) is 0.442. The van der Waals surface area contributed by atoms with Crippen LogP contribution in [-0.4, -0.2) is 53.1 Å². The number of hydrogen-bond donors (Lipinski definition) is 1. The second kappa shape index (κ2) is 7.37. The van der Waals surface area contributed by atoms with Gasteiger partial charge in [0, 0.05) is 32.0 Å². The average molecular weight is 347 g/mol. The highest BCUT2D eigenvalue weighted by atomic mass is 16.2. The number of carbonyl (C=O) groups excluding carboxylic acids is 4. The van der Waals surface area contributed by atoms with Crippen molar-refractivity contribution in [2.75, 3.05) is 19.6 Å². The van der Waals surface area contributed by atoms with Gasteiger partial charge in [-0.2, -0.15) is 0 Å². The van der Waals surface area contributed by atoms with Crippen molar-refractivity contribution in [1.29, 1.82) is 0 Å². The van der Waals surface area contributed by atoms with E-state index in [-0.39, 0.29) is 41.4 Å². The van der Waals surface area contributed by atoms with E-state index in [1.54, 1.807) is 4.90 Å². The Bertz CT molecular complexity index is 581. The van der Waals surface area contributed by atoms with E-state index in [2.05, 4.69) is 0 Å². The molecule has 0 bridgehead atoms. The molecule has 25 heavy (non-hydrogen) atoms. The van der Waals surface area contributed by atoms with E-state index < -0.39 is 0 Å². The third-order valence-electron chi connectivity index (χ3n) is 5.62. The summed E-state index contributed by atoms with van der Waals surface area (Å²) in [5.74, 6) is -1.01. The van der Waals surface area contributed by atoms with E-state index in [0.29, 0.717) is 58.2 Å². The van der Waals surface area contributed by atoms with Gasteiger partial charge < -0.3 is 10.6 Å². The maximum absolute atomic E-state index is 12.4. The molecule has 2 fully saturated rings.